The zero-order chi connectivity index (χ0) is 37.7. The maximum atomic E-state index is 4.93. The van der Waals surface area contributed by atoms with Crippen molar-refractivity contribution in [3.8, 4) is 56.4 Å². The second-order valence-corrected chi connectivity index (χ2v) is 14.5. The molecule has 2 heterocycles. The van der Waals surface area contributed by atoms with Gasteiger partial charge in [0.15, 0.2) is 17.5 Å². The fourth-order valence-electron chi connectivity index (χ4n) is 6.85. The van der Waals surface area contributed by atoms with Gasteiger partial charge in [-0.15, -0.1) is 0 Å². The Labute approximate surface area is 331 Å². The summed E-state index contributed by atoms with van der Waals surface area (Å²) in [7, 11) is 0. The molecule has 266 valence electrons. The molecule has 0 amide bonds. The maximum Gasteiger partial charge on any atom is 0.164 e. The summed E-state index contributed by atoms with van der Waals surface area (Å²) in [5, 5.41) is 3.78. The molecule has 9 rings (SSSR count). The molecule has 1 aliphatic rings. The number of hydrogen-bond donors (Lipinski definition) is 1. The average Bonchev–Trinajstić information content (AvgIpc) is 3.26. The van der Waals surface area contributed by atoms with Gasteiger partial charge in [0.25, 0.3) is 0 Å². The Morgan fingerprint density at radius 3 is 1.52 bits per heavy atom. The number of anilines is 2. The standard InChI is InChI=1S/C51H36N4S/c1-35-16-14-27-47(37-19-8-3-9-20-37)56-48-43(35)25-15-26-45(48)41-30-33-44(36-17-6-2-7-18-36)46(34-41)52-42-31-28-40(29-32-42)51-54-49(38-21-10-4-11-22-38)53-50(55-51)39-23-12-5-13-24-39/h2-34,52H,1H2/b16-14-,47-27-. The number of thioether (sulfide) groups is 1. The highest BCUT2D eigenvalue weighted by Gasteiger charge is 2.18. The van der Waals surface area contributed by atoms with Crippen LogP contribution in [0, 0.1) is 0 Å². The Kier molecular flexibility index (Phi) is 9.73. The van der Waals surface area contributed by atoms with Gasteiger partial charge in [0.05, 0.1) is 0 Å². The van der Waals surface area contributed by atoms with Crippen molar-refractivity contribution in [3.63, 3.8) is 0 Å². The number of hydrogen-bond acceptors (Lipinski definition) is 5. The molecule has 1 aliphatic heterocycles. The first-order chi connectivity index (χ1) is 27.7. The van der Waals surface area contributed by atoms with Crippen molar-refractivity contribution in [2.24, 2.45) is 0 Å². The van der Waals surface area contributed by atoms with Crippen LogP contribution < -0.4 is 5.32 Å². The molecule has 0 bridgehead atoms. The largest absolute Gasteiger partial charge is 0.355 e. The first-order valence-electron chi connectivity index (χ1n) is 18.5. The molecule has 0 saturated heterocycles. The summed E-state index contributed by atoms with van der Waals surface area (Å²) >= 11 is 1.79. The predicted octanol–water partition coefficient (Wildman–Crippen LogP) is 13.7. The third-order valence-electron chi connectivity index (χ3n) is 9.71. The smallest absolute Gasteiger partial charge is 0.164 e. The van der Waals surface area contributed by atoms with E-state index in [1.165, 1.54) is 15.4 Å². The van der Waals surface area contributed by atoms with Crippen molar-refractivity contribution < 1.29 is 0 Å². The molecule has 7 aromatic carbocycles. The third kappa shape index (κ3) is 7.36. The Hall–Kier alpha value is -7.08. The zero-order valence-corrected chi connectivity index (χ0v) is 31.3. The van der Waals surface area contributed by atoms with E-state index in [2.05, 4.69) is 151 Å². The van der Waals surface area contributed by atoms with Crippen LogP contribution in [0.4, 0.5) is 11.4 Å². The summed E-state index contributed by atoms with van der Waals surface area (Å²) in [4.78, 5) is 17.1. The second-order valence-electron chi connectivity index (χ2n) is 13.4. The molecule has 1 N–H and O–H groups in total. The molecule has 56 heavy (non-hydrogen) atoms. The van der Waals surface area contributed by atoms with E-state index in [1.807, 2.05) is 60.7 Å². The minimum Gasteiger partial charge on any atom is -0.355 e. The van der Waals surface area contributed by atoms with Gasteiger partial charge in [-0.05, 0) is 69.8 Å². The van der Waals surface area contributed by atoms with Gasteiger partial charge in [0.1, 0.15) is 0 Å². The minimum atomic E-state index is 0.620. The molecule has 4 nitrogen and oxygen atoms in total. The molecule has 0 radical (unpaired) electrons. The van der Waals surface area contributed by atoms with Crippen LogP contribution in [-0.4, -0.2) is 15.0 Å². The highest BCUT2D eigenvalue weighted by atomic mass is 32.2. The van der Waals surface area contributed by atoms with E-state index >= 15 is 0 Å². The van der Waals surface area contributed by atoms with Gasteiger partial charge in [0.2, 0.25) is 0 Å². The lowest BCUT2D eigenvalue weighted by Crippen LogP contribution is -2.00. The highest BCUT2D eigenvalue weighted by Crippen LogP contribution is 2.46. The fourth-order valence-corrected chi connectivity index (χ4v) is 8.08. The van der Waals surface area contributed by atoms with Crippen molar-refractivity contribution in [2.45, 2.75) is 4.90 Å². The lowest BCUT2D eigenvalue weighted by molar-refractivity contribution is 1.07. The van der Waals surface area contributed by atoms with Gasteiger partial charge in [-0.1, -0.05) is 182 Å². The summed E-state index contributed by atoms with van der Waals surface area (Å²) in [6.45, 7) is 4.43. The lowest BCUT2D eigenvalue weighted by atomic mass is 9.95. The molecular formula is C51H36N4S. The van der Waals surface area contributed by atoms with Crippen LogP contribution in [0.15, 0.2) is 212 Å². The number of nitrogens with one attached hydrogen (secondary N) is 1. The molecule has 0 saturated carbocycles. The first-order valence-corrected chi connectivity index (χ1v) is 19.4. The van der Waals surface area contributed by atoms with E-state index in [0.29, 0.717) is 17.5 Å². The molecule has 0 spiro atoms. The van der Waals surface area contributed by atoms with Crippen LogP contribution in [0.1, 0.15) is 11.1 Å². The Morgan fingerprint density at radius 1 is 0.429 bits per heavy atom. The van der Waals surface area contributed by atoms with Gasteiger partial charge in [-0.25, -0.2) is 15.0 Å². The van der Waals surface area contributed by atoms with Crippen molar-refractivity contribution in [3.05, 3.63) is 218 Å². The zero-order valence-electron chi connectivity index (χ0n) is 30.5. The van der Waals surface area contributed by atoms with E-state index in [0.717, 1.165) is 61.5 Å². The lowest BCUT2D eigenvalue weighted by Gasteiger charge is -2.20. The number of aromatic nitrogens is 3. The normalized spacial score (nSPS) is 13.8. The molecule has 0 atom stereocenters. The van der Waals surface area contributed by atoms with Gasteiger partial charge in [-0.2, -0.15) is 0 Å². The summed E-state index contributed by atoms with van der Waals surface area (Å²) in [6.07, 6.45) is 6.38. The predicted molar refractivity (Wildman–Crippen MR) is 235 cm³/mol. The van der Waals surface area contributed by atoms with Crippen LogP contribution >= 0.6 is 11.8 Å². The topological polar surface area (TPSA) is 50.7 Å². The van der Waals surface area contributed by atoms with E-state index in [-0.39, 0.29) is 0 Å². The van der Waals surface area contributed by atoms with Crippen LogP contribution in [0.5, 0.6) is 0 Å². The second kappa shape index (κ2) is 15.7. The van der Waals surface area contributed by atoms with Gasteiger partial charge in [-0.3, -0.25) is 0 Å². The average molecular weight is 737 g/mol. The summed E-state index contributed by atoms with van der Waals surface area (Å²) < 4.78 is 0. The molecule has 0 unspecified atom stereocenters. The number of fused-ring (bicyclic) bond motifs is 1. The molecule has 8 aromatic rings. The fraction of sp³-hybridized carbons (Fsp3) is 0. The Bertz CT molecular complexity index is 2670. The monoisotopic (exact) mass is 736 g/mol. The Morgan fingerprint density at radius 2 is 0.929 bits per heavy atom. The van der Waals surface area contributed by atoms with Crippen molar-refractivity contribution in [2.75, 3.05) is 5.32 Å². The van der Waals surface area contributed by atoms with Gasteiger partial charge >= 0.3 is 0 Å². The maximum absolute atomic E-state index is 4.93. The molecule has 0 aliphatic carbocycles. The van der Waals surface area contributed by atoms with Gasteiger partial charge < -0.3 is 5.32 Å². The Balaban J connectivity index is 1.09. The van der Waals surface area contributed by atoms with E-state index in [9.17, 15) is 0 Å². The van der Waals surface area contributed by atoms with E-state index in [4.69, 9.17) is 15.0 Å². The minimum absolute atomic E-state index is 0.620. The number of benzene rings is 7. The van der Waals surface area contributed by atoms with Crippen LogP contribution in [0.3, 0.4) is 0 Å². The summed E-state index contributed by atoms with van der Waals surface area (Å²) in [6, 6.07) is 62.7. The number of rotatable bonds is 8. The van der Waals surface area contributed by atoms with Crippen molar-refractivity contribution in [1.82, 2.24) is 15.0 Å². The first kappa shape index (κ1) is 34.7. The van der Waals surface area contributed by atoms with Crippen LogP contribution in [0.2, 0.25) is 0 Å². The molecular weight excluding hydrogens is 701 g/mol. The molecule has 1 aromatic heterocycles. The van der Waals surface area contributed by atoms with Crippen molar-refractivity contribution >= 4 is 33.6 Å². The van der Waals surface area contributed by atoms with E-state index in [1.54, 1.807) is 11.8 Å². The molecule has 5 heteroatoms. The number of allylic oxidation sites excluding steroid dienone is 4. The van der Waals surface area contributed by atoms with E-state index < -0.39 is 0 Å². The SMILES string of the molecule is C=C1/C=C\C=C(\c2ccccc2)Sc2c1cccc2-c1ccc(-c2ccccc2)c(Nc2ccc(-c3nc(-c4ccccc4)nc(-c4ccccc4)n3)cc2)c1. The quantitative estimate of drug-likeness (QED) is 0.168. The highest BCUT2D eigenvalue weighted by molar-refractivity contribution is 8.08. The van der Waals surface area contributed by atoms with Gasteiger partial charge in [0, 0.05) is 43.4 Å². The molecule has 0 fully saturated rings. The summed E-state index contributed by atoms with van der Waals surface area (Å²) in [5.41, 5.74) is 12.6. The van der Waals surface area contributed by atoms with Crippen LogP contribution in [-0.2, 0) is 0 Å². The number of nitrogens with zero attached hydrogens (tertiary/aromatic N) is 3. The summed E-state index contributed by atoms with van der Waals surface area (Å²) in [5.74, 6) is 1.90. The third-order valence-corrected chi connectivity index (χ3v) is 10.9. The van der Waals surface area contributed by atoms with Crippen LogP contribution in [0.25, 0.3) is 66.9 Å². The van der Waals surface area contributed by atoms with Crippen molar-refractivity contribution in [1.29, 1.82) is 0 Å².